The molecule has 0 aliphatic rings. The standard InChI is InChI=1S/C28H33N5O5S/c1-7-37-16-22-14-21(15-29-28-26(36-6)18(3)30-20(5)31-28)12-13-23(22)24-10-8-9-11-25(24)39(34,35)33-27-17(2)19(4)38-32-27/h8-14H,7,15-16H2,1-6H3,(H,32,33)(H,29,30,31). The van der Waals surface area contributed by atoms with E-state index in [9.17, 15) is 8.42 Å². The van der Waals surface area contributed by atoms with Gasteiger partial charge in [-0.1, -0.05) is 41.6 Å². The molecule has 0 amide bonds. The monoisotopic (exact) mass is 551 g/mol. The van der Waals surface area contributed by atoms with Crippen LogP contribution in [0.4, 0.5) is 11.6 Å². The maximum Gasteiger partial charge on any atom is 0.263 e. The number of nitrogens with one attached hydrogen (secondary N) is 2. The number of aromatic nitrogens is 3. The highest BCUT2D eigenvalue weighted by atomic mass is 32.2. The second-order valence-corrected chi connectivity index (χ2v) is 10.7. The largest absolute Gasteiger partial charge is 0.491 e. The van der Waals surface area contributed by atoms with Gasteiger partial charge in [0.2, 0.25) is 0 Å². The summed E-state index contributed by atoms with van der Waals surface area (Å²) >= 11 is 0. The molecular formula is C28H33N5O5S. The van der Waals surface area contributed by atoms with E-state index in [4.69, 9.17) is 14.0 Å². The van der Waals surface area contributed by atoms with Gasteiger partial charge in [0.15, 0.2) is 17.4 Å². The molecule has 0 saturated carbocycles. The molecule has 0 atom stereocenters. The van der Waals surface area contributed by atoms with E-state index in [0.717, 1.165) is 22.4 Å². The SMILES string of the molecule is CCOCc1cc(CNc2nc(C)nc(C)c2OC)ccc1-c1ccccc1S(=O)(=O)Nc1noc(C)c1C. The first-order valence-electron chi connectivity index (χ1n) is 12.5. The van der Waals surface area contributed by atoms with Gasteiger partial charge in [-0.25, -0.2) is 18.4 Å². The summed E-state index contributed by atoms with van der Waals surface area (Å²) in [5, 5.41) is 7.19. The van der Waals surface area contributed by atoms with Gasteiger partial charge in [-0.3, -0.25) is 4.72 Å². The van der Waals surface area contributed by atoms with E-state index < -0.39 is 10.0 Å². The van der Waals surface area contributed by atoms with Crippen LogP contribution in [-0.4, -0.2) is 37.3 Å². The summed E-state index contributed by atoms with van der Waals surface area (Å²) in [6.45, 7) is 10.4. The number of hydrogen-bond donors (Lipinski definition) is 2. The second-order valence-electron chi connectivity index (χ2n) is 9.03. The maximum absolute atomic E-state index is 13.5. The van der Waals surface area contributed by atoms with Gasteiger partial charge in [0.1, 0.15) is 11.6 Å². The summed E-state index contributed by atoms with van der Waals surface area (Å²) < 4.78 is 45.9. The third-order valence-corrected chi connectivity index (χ3v) is 7.69. The fraction of sp³-hybridized carbons (Fsp3) is 0.321. The molecule has 0 spiro atoms. The molecular weight excluding hydrogens is 518 g/mol. The Labute approximate surface area is 228 Å². The third kappa shape index (κ3) is 6.21. The van der Waals surface area contributed by atoms with E-state index in [2.05, 4.69) is 25.2 Å². The van der Waals surface area contributed by atoms with Crippen molar-refractivity contribution in [3.63, 3.8) is 0 Å². The summed E-state index contributed by atoms with van der Waals surface area (Å²) in [7, 11) is -2.37. The summed E-state index contributed by atoms with van der Waals surface area (Å²) in [6.07, 6.45) is 0. The van der Waals surface area contributed by atoms with Crippen molar-refractivity contribution in [1.29, 1.82) is 0 Å². The zero-order chi connectivity index (χ0) is 28.2. The fourth-order valence-corrected chi connectivity index (χ4v) is 5.50. The summed E-state index contributed by atoms with van der Waals surface area (Å²) in [5.74, 6) is 2.57. The van der Waals surface area contributed by atoms with Crippen molar-refractivity contribution in [1.82, 2.24) is 15.1 Å². The quantitative estimate of drug-likeness (QED) is 0.254. The number of rotatable bonds is 11. The summed E-state index contributed by atoms with van der Waals surface area (Å²) in [5.41, 5.74) is 4.53. The third-order valence-electron chi connectivity index (χ3n) is 6.30. The van der Waals surface area contributed by atoms with Crippen molar-refractivity contribution in [2.24, 2.45) is 0 Å². The summed E-state index contributed by atoms with van der Waals surface area (Å²) in [4.78, 5) is 8.97. The Balaban J connectivity index is 1.69. The van der Waals surface area contributed by atoms with Crippen LogP contribution in [0.25, 0.3) is 11.1 Å². The topological polar surface area (TPSA) is 128 Å². The van der Waals surface area contributed by atoms with Gasteiger partial charge in [0, 0.05) is 24.3 Å². The average Bonchev–Trinajstić information content (AvgIpc) is 3.22. The molecule has 0 saturated heterocycles. The minimum absolute atomic E-state index is 0.130. The van der Waals surface area contributed by atoms with Gasteiger partial charge < -0.3 is 19.3 Å². The predicted molar refractivity (Wildman–Crippen MR) is 149 cm³/mol. The Bertz CT molecular complexity index is 1580. The fourth-order valence-electron chi connectivity index (χ4n) is 4.22. The molecule has 2 aromatic carbocycles. The molecule has 11 heteroatoms. The van der Waals surface area contributed by atoms with Gasteiger partial charge in [-0.05, 0) is 57.4 Å². The molecule has 4 rings (SSSR count). The van der Waals surface area contributed by atoms with Crippen molar-refractivity contribution in [3.05, 3.63) is 76.4 Å². The van der Waals surface area contributed by atoms with E-state index in [1.165, 1.54) is 0 Å². The molecule has 2 N–H and O–H groups in total. The van der Waals surface area contributed by atoms with E-state index in [-0.39, 0.29) is 10.7 Å². The predicted octanol–water partition coefficient (Wildman–Crippen LogP) is 5.32. The molecule has 4 aromatic rings. The van der Waals surface area contributed by atoms with E-state index >= 15 is 0 Å². The van der Waals surface area contributed by atoms with E-state index in [1.54, 1.807) is 39.2 Å². The number of aryl methyl sites for hydroxylation is 3. The smallest absolute Gasteiger partial charge is 0.263 e. The van der Waals surface area contributed by atoms with Crippen LogP contribution in [0, 0.1) is 27.7 Å². The highest BCUT2D eigenvalue weighted by molar-refractivity contribution is 7.92. The number of hydrogen-bond acceptors (Lipinski definition) is 9. The molecule has 0 unspecified atom stereocenters. The number of sulfonamides is 1. The van der Waals surface area contributed by atoms with Crippen molar-refractivity contribution in [2.45, 2.75) is 52.7 Å². The molecule has 2 aromatic heterocycles. The van der Waals surface area contributed by atoms with Crippen molar-refractivity contribution < 1.29 is 22.4 Å². The molecule has 2 heterocycles. The van der Waals surface area contributed by atoms with Crippen molar-refractivity contribution >= 4 is 21.7 Å². The number of methoxy groups -OCH3 is 1. The first kappa shape index (κ1) is 28.1. The van der Waals surface area contributed by atoms with Crippen LogP contribution in [0.2, 0.25) is 0 Å². The average molecular weight is 552 g/mol. The molecule has 0 aliphatic carbocycles. The Hall–Kier alpha value is -3.96. The Morgan fingerprint density at radius 1 is 0.974 bits per heavy atom. The molecule has 0 fully saturated rings. The molecule has 0 bridgehead atoms. The van der Waals surface area contributed by atoms with E-state index in [1.807, 2.05) is 45.0 Å². The highest BCUT2D eigenvalue weighted by Crippen LogP contribution is 2.33. The molecule has 0 aliphatic heterocycles. The normalized spacial score (nSPS) is 11.4. The zero-order valence-corrected chi connectivity index (χ0v) is 23.8. The minimum Gasteiger partial charge on any atom is -0.491 e. The second kappa shape index (κ2) is 11.8. The first-order valence-corrected chi connectivity index (χ1v) is 14.0. The number of benzene rings is 2. The van der Waals surface area contributed by atoms with Crippen LogP contribution in [0.15, 0.2) is 51.9 Å². The Kier molecular flexibility index (Phi) is 8.51. The van der Waals surface area contributed by atoms with Crippen molar-refractivity contribution in [2.75, 3.05) is 23.8 Å². The van der Waals surface area contributed by atoms with E-state index in [0.29, 0.717) is 54.0 Å². The highest BCUT2D eigenvalue weighted by Gasteiger charge is 2.23. The van der Waals surface area contributed by atoms with Gasteiger partial charge in [-0.2, -0.15) is 0 Å². The van der Waals surface area contributed by atoms with Crippen LogP contribution in [0.3, 0.4) is 0 Å². The lowest BCUT2D eigenvalue weighted by molar-refractivity contribution is 0.134. The molecule has 0 radical (unpaired) electrons. The zero-order valence-electron chi connectivity index (χ0n) is 23.0. The van der Waals surface area contributed by atoms with Gasteiger partial charge in [-0.15, -0.1) is 0 Å². The van der Waals surface area contributed by atoms with Gasteiger partial charge >= 0.3 is 0 Å². The van der Waals surface area contributed by atoms with Crippen LogP contribution in [-0.2, 0) is 27.9 Å². The minimum atomic E-state index is -3.96. The van der Waals surface area contributed by atoms with Crippen molar-refractivity contribution in [3.8, 4) is 16.9 Å². The lowest BCUT2D eigenvalue weighted by Gasteiger charge is -2.17. The Morgan fingerprint density at radius 3 is 2.44 bits per heavy atom. The van der Waals surface area contributed by atoms with Gasteiger partial charge in [0.25, 0.3) is 10.0 Å². The molecule has 206 valence electrons. The first-order chi connectivity index (χ1) is 18.6. The lowest BCUT2D eigenvalue weighted by Crippen LogP contribution is -2.15. The van der Waals surface area contributed by atoms with Gasteiger partial charge in [0.05, 0.1) is 24.3 Å². The van der Waals surface area contributed by atoms with Crippen LogP contribution >= 0.6 is 0 Å². The molecule has 39 heavy (non-hydrogen) atoms. The van der Waals surface area contributed by atoms with Crippen LogP contribution in [0.1, 0.15) is 40.9 Å². The number of nitrogens with zero attached hydrogens (tertiary/aromatic N) is 3. The Morgan fingerprint density at radius 2 is 1.74 bits per heavy atom. The number of ether oxygens (including phenoxy) is 2. The molecule has 10 nitrogen and oxygen atoms in total. The number of anilines is 2. The maximum atomic E-state index is 13.5. The summed E-state index contributed by atoms with van der Waals surface area (Å²) in [6, 6.07) is 12.7. The lowest BCUT2D eigenvalue weighted by atomic mass is 9.97. The van der Waals surface area contributed by atoms with Crippen LogP contribution in [0.5, 0.6) is 5.75 Å². The van der Waals surface area contributed by atoms with Crippen LogP contribution < -0.4 is 14.8 Å².